The first-order valence-electron chi connectivity index (χ1n) is 6.24. The lowest BCUT2D eigenvalue weighted by atomic mass is 10.1. The summed E-state index contributed by atoms with van der Waals surface area (Å²) in [5.41, 5.74) is 0. The molecule has 1 N–H and O–H groups in total. The number of ether oxygens (including phenoxy) is 1. The fraction of sp³-hybridized carbons (Fsp3) is 0.692. The predicted molar refractivity (Wildman–Crippen MR) is 69.1 cm³/mol. The standard InChI is InChI=1S/C13H21NOS/c1-2-11(9-13-6-4-8-16-13)14-12-5-3-7-15-10-12/h4,6,8,11-12,14H,2-3,5,7,9-10H2,1H3. The van der Waals surface area contributed by atoms with E-state index in [0.29, 0.717) is 12.1 Å². The van der Waals surface area contributed by atoms with Crippen LogP contribution in [0.25, 0.3) is 0 Å². The van der Waals surface area contributed by atoms with Gasteiger partial charge in [-0.3, -0.25) is 0 Å². The summed E-state index contributed by atoms with van der Waals surface area (Å²) in [5.74, 6) is 0. The zero-order chi connectivity index (χ0) is 11.2. The number of thiophene rings is 1. The van der Waals surface area contributed by atoms with Crippen molar-refractivity contribution in [3.05, 3.63) is 22.4 Å². The molecule has 90 valence electrons. The van der Waals surface area contributed by atoms with E-state index in [-0.39, 0.29) is 0 Å². The molecule has 0 radical (unpaired) electrons. The molecule has 0 bridgehead atoms. The van der Waals surface area contributed by atoms with Gasteiger partial charge >= 0.3 is 0 Å². The Morgan fingerprint density at radius 3 is 3.19 bits per heavy atom. The van der Waals surface area contributed by atoms with Gasteiger partial charge < -0.3 is 10.1 Å². The van der Waals surface area contributed by atoms with E-state index in [0.717, 1.165) is 19.6 Å². The Morgan fingerprint density at radius 1 is 1.62 bits per heavy atom. The number of hydrogen-bond donors (Lipinski definition) is 1. The average Bonchev–Trinajstić information content (AvgIpc) is 2.82. The summed E-state index contributed by atoms with van der Waals surface area (Å²) in [4.78, 5) is 1.48. The lowest BCUT2D eigenvalue weighted by molar-refractivity contribution is 0.0661. The molecule has 0 saturated carbocycles. The van der Waals surface area contributed by atoms with Crippen molar-refractivity contribution in [2.24, 2.45) is 0 Å². The molecule has 1 aliphatic heterocycles. The largest absolute Gasteiger partial charge is 0.380 e. The Labute approximate surface area is 102 Å². The van der Waals surface area contributed by atoms with Crippen LogP contribution in [-0.4, -0.2) is 25.3 Å². The minimum Gasteiger partial charge on any atom is -0.380 e. The molecule has 2 heterocycles. The van der Waals surface area contributed by atoms with Gasteiger partial charge in [0.2, 0.25) is 0 Å². The van der Waals surface area contributed by atoms with Crippen LogP contribution in [0.3, 0.4) is 0 Å². The van der Waals surface area contributed by atoms with Gasteiger partial charge in [-0.2, -0.15) is 0 Å². The molecule has 16 heavy (non-hydrogen) atoms. The minimum absolute atomic E-state index is 0.568. The van der Waals surface area contributed by atoms with E-state index in [4.69, 9.17) is 4.74 Å². The van der Waals surface area contributed by atoms with Gasteiger partial charge in [-0.25, -0.2) is 0 Å². The first kappa shape index (κ1) is 12.1. The smallest absolute Gasteiger partial charge is 0.0619 e. The molecule has 2 rings (SSSR count). The van der Waals surface area contributed by atoms with Crippen LogP contribution in [0.2, 0.25) is 0 Å². The maximum atomic E-state index is 5.50. The quantitative estimate of drug-likeness (QED) is 0.853. The summed E-state index contributed by atoms with van der Waals surface area (Å²) in [5, 5.41) is 5.88. The molecule has 2 atom stereocenters. The third kappa shape index (κ3) is 3.58. The fourth-order valence-corrected chi connectivity index (χ4v) is 2.98. The summed E-state index contributed by atoms with van der Waals surface area (Å²) in [6, 6.07) is 5.53. The van der Waals surface area contributed by atoms with Gasteiger partial charge in [0.15, 0.2) is 0 Å². The second-order valence-electron chi connectivity index (χ2n) is 4.47. The van der Waals surface area contributed by atoms with Gasteiger partial charge in [0.25, 0.3) is 0 Å². The van der Waals surface area contributed by atoms with E-state index < -0.39 is 0 Å². The van der Waals surface area contributed by atoms with Crippen molar-refractivity contribution in [1.82, 2.24) is 5.32 Å². The Bertz CT molecular complexity index is 280. The monoisotopic (exact) mass is 239 g/mol. The van der Waals surface area contributed by atoms with Crippen LogP contribution in [0, 0.1) is 0 Å². The molecule has 0 aromatic carbocycles. The Morgan fingerprint density at radius 2 is 2.56 bits per heavy atom. The van der Waals surface area contributed by atoms with Crippen LogP contribution >= 0.6 is 11.3 Å². The van der Waals surface area contributed by atoms with E-state index in [2.05, 4.69) is 29.8 Å². The van der Waals surface area contributed by atoms with Crippen molar-refractivity contribution in [2.75, 3.05) is 13.2 Å². The van der Waals surface area contributed by atoms with E-state index in [1.165, 1.54) is 24.1 Å². The van der Waals surface area contributed by atoms with E-state index >= 15 is 0 Å². The maximum absolute atomic E-state index is 5.50. The van der Waals surface area contributed by atoms with Gasteiger partial charge in [-0.05, 0) is 37.1 Å². The van der Waals surface area contributed by atoms with Gasteiger partial charge in [-0.15, -0.1) is 11.3 Å². The summed E-state index contributed by atoms with van der Waals surface area (Å²) in [6.45, 7) is 4.09. The molecule has 1 aliphatic rings. The van der Waals surface area contributed by atoms with Gasteiger partial charge in [0.05, 0.1) is 6.61 Å². The highest BCUT2D eigenvalue weighted by Crippen LogP contribution is 2.14. The van der Waals surface area contributed by atoms with Crippen molar-refractivity contribution < 1.29 is 4.74 Å². The maximum Gasteiger partial charge on any atom is 0.0619 e. The van der Waals surface area contributed by atoms with Gasteiger partial charge in [-0.1, -0.05) is 13.0 Å². The Balaban J connectivity index is 1.80. The zero-order valence-corrected chi connectivity index (χ0v) is 10.8. The van der Waals surface area contributed by atoms with E-state index in [9.17, 15) is 0 Å². The van der Waals surface area contributed by atoms with Crippen LogP contribution in [0.4, 0.5) is 0 Å². The molecule has 0 spiro atoms. The van der Waals surface area contributed by atoms with Gasteiger partial charge in [0.1, 0.15) is 0 Å². The number of rotatable bonds is 5. The van der Waals surface area contributed by atoms with Crippen LogP contribution in [-0.2, 0) is 11.2 Å². The Kier molecular flexibility index (Phi) is 4.82. The molecular weight excluding hydrogens is 218 g/mol. The number of hydrogen-bond acceptors (Lipinski definition) is 3. The average molecular weight is 239 g/mol. The minimum atomic E-state index is 0.568. The highest BCUT2D eigenvalue weighted by atomic mass is 32.1. The molecule has 3 heteroatoms. The molecule has 1 aromatic rings. The zero-order valence-electron chi connectivity index (χ0n) is 9.95. The molecule has 1 saturated heterocycles. The topological polar surface area (TPSA) is 21.3 Å². The van der Waals surface area contributed by atoms with Crippen molar-refractivity contribution in [2.45, 2.75) is 44.7 Å². The summed E-state index contributed by atoms with van der Waals surface area (Å²) in [7, 11) is 0. The van der Waals surface area contributed by atoms with Crippen LogP contribution in [0.15, 0.2) is 17.5 Å². The molecule has 0 amide bonds. The second kappa shape index (κ2) is 6.38. The van der Waals surface area contributed by atoms with Gasteiger partial charge in [0, 0.05) is 23.6 Å². The van der Waals surface area contributed by atoms with Crippen molar-refractivity contribution in [1.29, 1.82) is 0 Å². The highest BCUT2D eigenvalue weighted by molar-refractivity contribution is 7.09. The van der Waals surface area contributed by atoms with Crippen molar-refractivity contribution in [3.63, 3.8) is 0 Å². The third-order valence-corrected chi connectivity index (χ3v) is 4.05. The number of nitrogens with one attached hydrogen (secondary N) is 1. The SMILES string of the molecule is CCC(Cc1cccs1)NC1CCCOC1. The summed E-state index contributed by atoms with van der Waals surface area (Å²) < 4.78 is 5.50. The molecule has 1 fully saturated rings. The van der Waals surface area contributed by atoms with Crippen LogP contribution in [0.1, 0.15) is 31.1 Å². The molecular formula is C13H21NOS. The molecule has 0 aliphatic carbocycles. The molecule has 1 aromatic heterocycles. The predicted octanol–water partition coefficient (Wildman–Crippen LogP) is 2.84. The van der Waals surface area contributed by atoms with Crippen LogP contribution < -0.4 is 5.32 Å². The van der Waals surface area contributed by atoms with Crippen LogP contribution in [0.5, 0.6) is 0 Å². The fourth-order valence-electron chi connectivity index (χ4n) is 2.20. The summed E-state index contributed by atoms with van der Waals surface area (Å²) in [6.07, 6.45) is 4.81. The lowest BCUT2D eigenvalue weighted by Gasteiger charge is -2.27. The first-order valence-corrected chi connectivity index (χ1v) is 7.12. The highest BCUT2D eigenvalue weighted by Gasteiger charge is 2.17. The first-order chi connectivity index (χ1) is 7.88. The molecule has 2 unspecified atom stereocenters. The van der Waals surface area contributed by atoms with E-state index in [1.54, 1.807) is 0 Å². The molecule has 2 nitrogen and oxygen atoms in total. The van der Waals surface area contributed by atoms with Crippen molar-refractivity contribution >= 4 is 11.3 Å². The van der Waals surface area contributed by atoms with E-state index in [1.807, 2.05) is 11.3 Å². The lowest BCUT2D eigenvalue weighted by Crippen LogP contribution is -2.43. The Hall–Kier alpha value is -0.380. The third-order valence-electron chi connectivity index (χ3n) is 3.15. The van der Waals surface area contributed by atoms with Crippen molar-refractivity contribution in [3.8, 4) is 0 Å². The normalized spacial score (nSPS) is 23.2. The summed E-state index contributed by atoms with van der Waals surface area (Å²) >= 11 is 1.86. The second-order valence-corrected chi connectivity index (χ2v) is 5.50.